The molecule has 0 saturated heterocycles. The molecule has 0 saturated carbocycles. The number of sulfonamides is 1. The van der Waals surface area contributed by atoms with Crippen LogP contribution in [0.2, 0.25) is 0 Å². The minimum absolute atomic E-state index is 0.0366. The molecule has 0 aliphatic rings. The summed E-state index contributed by atoms with van der Waals surface area (Å²) in [6.07, 6.45) is -1.76. The van der Waals surface area contributed by atoms with Gasteiger partial charge in [0.25, 0.3) is 0 Å². The Morgan fingerprint density at radius 1 is 1.26 bits per heavy atom. The van der Waals surface area contributed by atoms with Gasteiger partial charge >= 0.3 is 5.97 Å². The summed E-state index contributed by atoms with van der Waals surface area (Å²) >= 11 is 0. The van der Waals surface area contributed by atoms with Crippen LogP contribution in [0.1, 0.15) is 25.3 Å². The van der Waals surface area contributed by atoms with Gasteiger partial charge in [-0.2, -0.15) is 0 Å². The van der Waals surface area contributed by atoms with E-state index in [9.17, 15) is 13.2 Å². The summed E-state index contributed by atoms with van der Waals surface area (Å²) in [4.78, 5) is 10.4. The molecule has 1 aromatic carbocycles. The number of hydrogen-bond acceptors (Lipinski definition) is 4. The van der Waals surface area contributed by atoms with Crippen LogP contribution in [0.5, 0.6) is 0 Å². The highest BCUT2D eigenvalue weighted by Gasteiger charge is 2.19. The van der Waals surface area contributed by atoms with Crippen molar-refractivity contribution >= 4 is 16.0 Å². The Morgan fingerprint density at radius 3 is 2.21 bits per heavy atom. The average Bonchev–Trinajstić information content (AvgIpc) is 2.36. The van der Waals surface area contributed by atoms with Gasteiger partial charge in [0.05, 0.1) is 4.90 Å². The van der Waals surface area contributed by atoms with Gasteiger partial charge in [-0.05, 0) is 23.6 Å². The molecule has 0 amide bonds. The van der Waals surface area contributed by atoms with E-state index in [1.807, 2.05) is 18.6 Å². The minimum atomic E-state index is -3.80. The third-order valence-corrected chi connectivity index (χ3v) is 4.05. The molecular formula is C12H17NO5S. The first kappa shape index (κ1) is 15.6. The molecule has 0 aliphatic carbocycles. The molecule has 1 aromatic rings. The standard InChI is InChI=1S/C12H17NO5S/c1-8(2)9-3-5-10(6-4-9)19(17,18)13-7-11(14)12(15)16/h3-6,8,11,13-14H,7H2,1-2H3,(H,15,16)/t11-/m0/s1. The van der Waals surface area contributed by atoms with Gasteiger partial charge in [-0.1, -0.05) is 26.0 Å². The second kappa shape index (κ2) is 6.14. The summed E-state index contributed by atoms with van der Waals surface area (Å²) in [6.45, 7) is 3.42. The third-order valence-electron chi connectivity index (χ3n) is 2.61. The average molecular weight is 287 g/mol. The molecular weight excluding hydrogens is 270 g/mol. The predicted molar refractivity (Wildman–Crippen MR) is 69.4 cm³/mol. The van der Waals surface area contributed by atoms with Gasteiger partial charge < -0.3 is 10.2 Å². The zero-order valence-electron chi connectivity index (χ0n) is 10.7. The van der Waals surface area contributed by atoms with Gasteiger partial charge in [-0.25, -0.2) is 17.9 Å². The quantitative estimate of drug-likeness (QED) is 0.708. The summed E-state index contributed by atoms with van der Waals surface area (Å²) in [7, 11) is -3.80. The molecule has 0 aliphatic heterocycles. The zero-order valence-corrected chi connectivity index (χ0v) is 11.5. The molecule has 19 heavy (non-hydrogen) atoms. The molecule has 106 valence electrons. The number of carboxylic acid groups (broad SMARTS) is 1. The van der Waals surface area contributed by atoms with Gasteiger partial charge in [0, 0.05) is 6.54 Å². The van der Waals surface area contributed by atoms with Gasteiger partial charge in [0.1, 0.15) is 0 Å². The SMILES string of the molecule is CC(C)c1ccc(S(=O)(=O)NC[C@H](O)C(=O)O)cc1. The third kappa shape index (κ3) is 4.30. The zero-order chi connectivity index (χ0) is 14.6. The number of aliphatic hydroxyl groups is 1. The Morgan fingerprint density at radius 2 is 1.79 bits per heavy atom. The molecule has 7 heteroatoms. The predicted octanol–water partition coefficient (Wildman–Crippen LogP) is 0.534. The van der Waals surface area contributed by atoms with Crippen LogP contribution in [-0.4, -0.2) is 37.2 Å². The highest BCUT2D eigenvalue weighted by molar-refractivity contribution is 7.89. The maximum atomic E-state index is 11.8. The van der Waals surface area contributed by atoms with Crippen LogP contribution < -0.4 is 4.72 Å². The Balaban J connectivity index is 2.80. The summed E-state index contributed by atoms with van der Waals surface area (Å²) in [5.74, 6) is -1.18. The first-order valence-corrected chi connectivity index (χ1v) is 7.23. The van der Waals surface area contributed by atoms with Crippen molar-refractivity contribution in [2.24, 2.45) is 0 Å². The van der Waals surface area contributed by atoms with Crippen molar-refractivity contribution in [2.45, 2.75) is 30.8 Å². The van der Waals surface area contributed by atoms with Gasteiger partial charge in [-0.15, -0.1) is 0 Å². The lowest BCUT2D eigenvalue weighted by Gasteiger charge is -2.10. The van der Waals surface area contributed by atoms with E-state index in [0.717, 1.165) is 5.56 Å². The van der Waals surface area contributed by atoms with Crippen LogP contribution >= 0.6 is 0 Å². The maximum absolute atomic E-state index is 11.8. The monoisotopic (exact) mass is 287 g/mol. The lowest BCUT2D eigenvalue weighted by Crippen LogP contribution is -2.36. The first-order chi connectivity index (χ1) is 8.74. The maximum Gasteiger partial charge on any atom is 0.333 e. The number of nitrogens with one attached hydrogen (secondary N) is 1. The van der Waals surface area contributed by atoms with Gasteiger partial charge in [0.15, 0.2) is 6.10 Å². The molecule has 1 atom stereocenters. The van der Waals surface area contributed by atoms with E-state index in [-0.39, 0.29) is 4.90 Å². The smallest absolute Gasteiger partial charge is 0.333 e. The van der Waals surface area contributed by atoms with Crippen molar-refractivity contribution in [3.05, 3.63) is 29.8 Å². The molecule has 0 radical (unpaired) electrons. The lowest BCUT2D eigenvalue weighted by atomic mass is 10.0. The van der Waals surface area contributed by atoms with Crippen LogP contribution in [0.3, 0.4) is 0 Å². The largest absolute Gasteiger partial charge is 0.479 e. The fourth-order valence-corrected chi connectivity index (χ4v) is 2.43. The van der Waals surface area contributed by atoms with Crippen LogP contribution in [0.4, 0.5) is 0 Å². The fraction of sp³-hybridized carbons (Fsp3) is 0.417. The Bertz CT molecular complexity index is 536. The topological polar surface area (TPSA) is 104 Å². The van der Waals surface area contributed by atoms with Crippen LogP contribution in [0.15, 0.2) is 29.2 Å². The van der Waals surface area contributed by atoms with E-state index >= 15 is 0 Å². The molecule has 0 aromatic heterocycles. The van der Waals surface area contributed by atoms with Crippen molar-refractivity contribution < 1.29 is 23.4 Å². The molecule has 0 bridgehead atoms. The summed E-state index contributed by atoms with van der Waals surface area (Å²) < 4.78 is 25.7. The molecule has 0 fully saturated rings. The van der Waals surface area contributed by atoms with Crippen molar-refractivity contribution in [3.8, 4) is 0 Å². The highest BCUT2D eigenvalue weighted by atomic mass is 32.2. The second-order valence-electron chi connectivity index (χ2n) is 4.43. The van der Waals surface area contributed by atoms with Crippen molar-refractivity contribution in [1.29, 1.82) is 0 Å². The number of rotatable bonds is 6. The number of hydrogen-bond donors (Lipinski definition) is 3. The molecule has 1 rings (SSSR count). The van der Waals surface area contributed by atoms with E-state index in [1.54, 1.807) is 12.1 Å². The van der Waals surface area contributed by atoms with E-state index in [2.05, 4.69) is 0 Å². The van der Waals surface area contributed by atoms with Crippen LogP contribution in [0, 0.1) is 0 Å². The number of aliphatic hydroxyl groups excluding tert-OH is 1. The summed E-state index contributed by atoms with van der Waals surface area (Å²) in [5.41, 5.74) is 1.00. The number of aliphatic carboxylic acids is 1. The van der Waals surface area contributed by atoms with Crippen LogP contribution in [-0.2, 0) is 14.8 Å². The minimum Gasteiger partial charge on any atom is -0.479 e. The van der Waals surface area contributed by atoms with Crippen molar-refractivity contribution in [2.75, 3.05) is 6.54 Å². The fourth-order valence-electron chi connectivity index (χ4n) is 1.39. The Kier molecular flexibility index (Phi) is 5.04. The van der Waals surface area contributed by atoms with Gasteiger partial charge in [-0.3, -0.25) is 0 Å². The van der Waals surface area contributed by atoms with E-state index in [0.29, 0.717) is 5.92 Å². The molecule has 3 N–H and O–H groups in total. The lowest BCUT2D eigenvalue weighted by molar-refractivity contribution is -0.146. The van der Waals surface area contributed by atoms with Crippen molar-refractivity contribution in [3.63, 3.8) is 0 Å². The Labute approximate surface area is 112 Å². The van der Waals surface area contributed by atoms with Crippen LogP contribution in [0.25, 0.3) is 0 Å². The Hall–Kier alpha value is -1.44. The molecule has 0 unspecified atom stereocenters. The second-order valence-corrected chi connectivity index (χ2v) is 6.20. The number of benzene rings is 1. The van der Waals surface area contributed by atoms with Gasteiger partial charge in [0.2, 0.25) is 10.0 Å². The molecule has 0 heterocycles. The molecule has 0 spiro atoms. The normalized spacial score (nSPS) is 13.5. The summed E-state index contributed by atoms with van der Waals surface area (Å²) in [6, 6.07) is 6.30. The first-order valence-electron chi connectivity index (χ1n) is 5.74. The summed E-state index contributed by atoms with van der Waals surface area (Å²) in [5, 5.41) is 17.5. The van der Waals surface area contributed by atoms with Crippen molar-refractivity contribution in [1.82, 2.24) is 4.72 Å². The highest BCUT2D eigenvalue weighted by Crippen LogP contribution is 2.17. The number of carboxylic acids is 1. The number of carbonyl (C=O) groups is 1. The van der Waals surface area contributed by atoms with E-state index < -0.39 is 28.6 Å². The van der Waals surface area contributed by atoms with E-state index in [4.69, 9.17) is 10.2 Å². The molecule has 6 nitrogen and oxygen atoms in total. The van der Waals surface area contributed by atoms with E-state index in [1.165, 1.54) is 12.1 Å².